The first kappa shape index (κ1) is 37.7. The summed E-state index contributed by atoms with van der Waals surface area (Å²) in [6.45, 7) is 0. The zero-order valence-electron chi connectivity index (χ0n) is 35.5. The summed E-state index contributed by atoms with van der Waals surface area (Å²) in [6, 6.07) is 90.1. The van der Waals surface area contributed by atoms with Gasteiger partial charge in [-0.25, -0.2) is 0 Å². The zero-order valence-corrected chi connectivity index (χ0v) is 37.2. The third-order valence-electron chi connectivity index (χ3n) is 13.4. The molecular weight excluding hydrogens is 848 g/mol. The van der Waals surface area contributed by atoms with Crippen LogP contribution in [0.15, 0.2) is 243 Å². The fourth-order valence-electron chi connectivity index (χ4n) is 10.7. The molecule has 1 heteroatoms. The van der Waals surface area contributed by atoms with Crippen LogP contribution in [0.3, 0.4) is 0 Å². The summed E-state index contributed by atoms with van der Waals surface area (Å²) in [5.74, 6) is 0. The van der Waals surface area contributed by atoms with Crippen LogP contribution in [0.4, 0.5) is 0 Å². The SMILES string of the molecule is c1ccc(-c2cc(-c3ccccc3)cc(-c3c4ccccc4c(-c4cccc5c4[se]c4cccc(-c6c7ccccc7c(-c7ccccc7)c7ccccc67)c45)c4ccccc34)c2)cc1. The van der Waals surface area contributed by atoms with Crippen LogP contribution in [0, 0.1) is 0 Å². The van der Waals surface area contributed by atoms with Crippen LogP contribution < -0.4 is 0 Å². The quantitative estimate of drug-likeness (QED) is 0.115. The molecule has 13 rings (SSSR count). The molecule has 1 heterocycles. The topological polar surface area (TPSA) is 0 Å². The summed E-state index contributed by atoms with van der Waals surface area (Å²) >= 11 is 0.0857. The van der Waals surface area contributed by atoms with Crippen LogP contribution in [-0.4, -0.2) is 14.5 Å². The Balaban J connectivity index is 1.08. The molecule has 0 aliphatic carbocycles. The van der Waals surface area contributed by atoms with Crippen LogP contribution in [0.1, 0.15) is 0 Å². The number of hydrogen-bond donors (Lipinski definition) is 0. The molecule has 0 aliphatic rings. The minimum atomic E-state index is 0.0857. The van der Waals surface area contributed by atoms with Gasteiger partial charge in [0.05, 0.1) is 0 Å². The molecule has 0 aliphatic heterocycles. The molecule has 0 bridgehead atoms. The molecule has 1 aromatic heterocycles. The Morgan fingerprint density at radius 1 is 0.215 bits per heavy atom. The molecule has 0 saturated carbocycles. The zero-order chi connectivity index (χ0) is 42.8. The Labute approximate surface area is 384 Å². The van der Waals surface area contributed by atoms with E-state index in [2.05, 4.69) is 243 Å². The predicted molar refractivity (Wildman–Crippen MR) is 281 cm³/mol. The van der Waals surface area contributed by atoms with Gasteiger partial charge in [0.1, 0.15) is 0 Å². The molecule has 65 heavy (non-hydrogen) atoms. The summed E-state index contributed by atoms with van der Waals surface area (Å²) in [7, 11) is 0. The molecule has 0 amide bonds. The van der Waals surface area contributed by atoms with Gasteiger partial charge in [0.15, 0.2) is 0 Å². The Morgan fingerprint density at radius 3 is 1.03 bits per heavy atom. The molecule has 0 atom stereocenters. The van der Waals surface area contributed by atoms with Gasteiger partial charge in [0, 0.05) is 0 Å². The fourth-order valence-corrected chi connectivity index (χ4v) is 13.3. The molecule has 0 fully saturated rings. The van der Waals surface area contributed by atoms with Gasteiger partial charge in [-0.2, -0.15) is 0 Å². The number of rotatable bonds is 6. The van der Waals surface area contributed by atoms with Gasteiger partial charge in [0.25, 0.3) is 0 Å². The van der Waals surface area contributed by atoms with Crippen molar-refractivity contribution < 1.29 is 0 Å². The van der Waals surface area contributed by atoms with Crippen LogP contribution in [-0.2, 0) is 0 Å². The van der Waals surface area contributed by atoms with E-state index < -0.39 is 0 Å². The maximum absolute atomic E-state index is 2.40. The first-order valence-corrected chi connectivity index (χ1v) is 24.1. The van der Waals surface area contributed by atoms with Crippen molar-refractivity contribution in [1.29, 1.82) is 0 Å². The molecule has 0 saturated heterocycles. The molecule has 0 unspecified atom stereocenters. The fraction of sp³-hybridized carbons (Fsp3) is 0. The summed E-state index contributed by atoms with van der Waals surface area (Å²) in [6.07, 6.45) is 0. The first-order valence-electron chi connectivity index (χ1n) is 22.4. The van der Waals surface area contributed by atoms with Crippen molar-refractivity contribution in [2.45, 2.75) is 0 Å². The van der Waals surface area contributed by atoms with Crippen LogP contribution >= 0.6 is 0 Å². The number of hydrogen-bond acceptors (Lipinski definition) is 0. The minimum absolute atomic E-state index is 0.0857. The summed E-state index contributed by atoms with van der Waals surface area (Å²) in [5.41, 5.74) is 15.2. The van der Waals surface area contributed by atoms with Crippen molar-refractivity contribution in [2.75, 3.05) is 0 Å². The molecule has 302 valence electrons. The first-order chi connectivity index (χ1) is 32.3. The Hall–Kier alpha value is -7.80. The van der Waals surface area contributed by atoms with Crippen molar-refractivity contribution in [3.63, 3.8) is 0 Å². The number of fused-ring (bicyclic) bond motifs is 7. The third-order valence-corrected chi connectivity index (χ3v) is 15.9. The Bertz CT molecular complexity index is 3800. The van der Waals surface area contributed by atoms with Crippen LogP contribution in [0.2, 0.25) is 0 Å². The summed E-state index contributed by atoms with van der Waals surface area (Å²) in [5, 5.41) is 13.0. The van der Waals surface area contributed by atoms with Crippen LogP contribution in [0.25, 0.3) is 129 Å². The summed E-state index contributed by atoms with van der Waals surface area (Å²) in [4.78, 5) is 0. The van der Waals surface area contributed by atoms with Gasteiger partial charge in [-0.15, -0.1) is 0 Å². The Kier molecular flexibility index (Phi) is 8.98. The van der Waals surface area contributed by atoms with E-state index in [9.17, 15) is 0 Å². The number of benzene rings is 12. The van der Waals surface area contributed by atoms with E-state index in [1.54, 1.807) is 0 Å². The van der Waals surface area contributed by atoms with E-state index >= 15 is 0 Å². The van der Waals surface area contributed by atoms with E-state index in [1.807, 2.05) is 0 Å². The van der Waals surface area contributed by atoms with E-state index in [0.717, 1.165) is 0 Å². The van der Waals surface area contributed by atoms with E-state index in [1.165, 1.54) is 129 Å². The van der Waals surface area contributed by atoms with Crippen molar-refractivity contribution in [1.82, 2.24) is 0 Å². The molecular formula is C64H40Se. The third kappa shape index (κ3) is 6.12. The standard InChI is InChI=1S/C64H40Se/c1-4-20-41(21-5-1)44-38-45(42-22-6-2-7-23-42)40-46(39-44)60-49-28-12-16-32-53(49)62(54-33-17-13-29-50(54)60)56-35-18-36-57-63-55(34-19-37-58(63)65-64(56)57)61-51-30-14-10-26-47(51)59(43-24-8-3-9-25-43)48-27-11-15-31-52(48)61/h1-40H. The molecule has 0 nitrogen and oxygen atoms in total. The molecule has 0 spiro atoms. The van der Waals surface area contributed by atoms with Crippen LogP contribution in [0.5, 0.6) is 0 Å². The van der Waals surface area contributed by atoms with E-state index in [4.69, 9.17) is 0 Å². The molecule has 0 radical (unpaired) electrons. The Morgan fingerprint density at radius 2 is 0.554 bits per heavy atom. The van der Waals surface area contributed by atoms with E-state index in [0.29, 0.717) is 0 Å². The van der Waals surface area contributed by atoms with Crippen molar-refractivity contribution >= 4 is 76.9 Å². The average molecular weight is 888 g/mol. The summed E-state index contributed by atoms with van der Waals surface area (Å²) < 4.78 is 2.90. The van der Waals surface area contributed by atoms with Crippen molar-refractivity contribution in [3.05, 3.63) is 243 Å². The monoisotopic (exact) mass is 888 g/mol. The second-order valence-corrected chi connectivity index (χ2v) is 19.3. The van der Waals surface area contributed by atoms with Gasteiger partial charge >= 0.3 is 374 Å². The van der Waals surface area contributed by atoms with Gasteiger partial charge in [-0.3, -0.25) is 0 Å². The van der Waals surface area contributed by atoms with Gasteiger partial charge < -0.3 is 0 Å². The second-order valence-electron chi connectivity index (χ2n) is 17.0. The van der Waals surface area contributed by atoms with Gasteiger partial charge in [-0.1, -0.05) is 12.1 Å². The average Bonchev–Trinajstić information content (AvgIpc) is 3.77. The van der Waals surface area contributed by atoms with Crippen molar-refractivity contribution in [3.8, 4) is 66.8 Å². The maximum atomic E-state index is 2.40. The predicted octanol–water partition coefficient (Wildman–Crippen LogP) is 17.7. The van der Waals surface area contributed by atoms with E-state index in [-0.39, 0.29) is 14.5 Å². The molecule has 0 N–H and O–H groups in total. The molecule has 12 aromatic carbocycles. The second kappa shape index (κ2) is 15.5. The molecule has 13 aromatic rings. The van der Waals surface area contributed by atoms with Crippen molar-refractivity contribution in [2.24, 2.45) is 0 Å². The van der Waals surface area contributed by atoms with Gasteiger partial charge in [-0.05, 0) is 0 Å². The normalized spacial score (nSPS) is 11.7. The van der Waals surface area contributed by atoms with Gasteiger partial charge in [0.2, 0.25) is 0 Å².